The van der Waals surface area contributed by atoms with E-state index in [2.05, 4.69) is 4.98 Å². The molecule has 1 N–H and O–H groups in total. The van der Waals surface area contributed by atoms with E-state index in [1.807, 2.05) is 0 Å². The molecule has 2 aromatic rings. The van der Waals surface area contributed by atoms with Crippen molar-refractivity contribution in [2.75, 3.05) is 24.6 Å². The highest BCUT2D eigenvalue weighted by Crippen LogP contribution is 2.27. The van der Waals surface area contributed by atoms with E-state index in [-0.39, 0.29) is 19.0 Å². The Bertz CT molecular complexity index is 524. The molecule has 0 saturated carbocycles. The molecule has 0 aliphatic heterocycles. The van der Waals surface area contributed by atoms with Gasteiger partial charge in [-0.15, -0.1) is 0 Å². The minimum atomic E-state index is -4.36. The first kappa shape index (κ1) is 12.7. The van der Waals surface area contributed by atoms with Gasteiger partial charge in [0.1, 0.15) is 17.9 Å². The standard InChI is InChI=1S/C11H11F3N2O2/c12-11(13,14)7-16(4-5-17)10-8-2-6-18-9(8)1-3-15-10/h1-3,6,17H,4-5,7H2. The van der Waals surface area contributed by atoms with Gasteiger partial charge in [-0.1, -0.05) is 0 Å². The second-order valence-electron chi connectivity index (χ2n) is 3.73. The molecule has 0 spiro atoms. The zero-order valence-corrected chi connectivity index (χ0v) is 9.31. The van der Waals surface area contributed by atoms with Gasteiger partial charge in [-0.25, -0.2) is 4.98 Å². The Morgan fingerprint density at radius 2 is 2.11 bits per heavy atom. The van der Waals surface area contributed by atoms with E-state index in [0.717, 1.165) is 4.90 Å². The summed E-state index contributed by atoms with van der Waals surface area (Å²) in [7, 11) is 0. The zero-order chi connectivity index (χ0) is 13.2. The molecule has 0 bridgehead atoms. The number of anilines is 1. The van der Waals surface area contributed by atoms with Crippen molar-refractivity contribution in [3.05, 3.63) is 24.6 Å². The molecular formula is C11H11F3N2O2. The number of fused-ring (bicyclic) bond motifs is 1. The summed E-state index contributed by atoms with van der Waals surface area (Å²) in [5.74, 6) is 0.160. The van der Waals surface area contributed by atoms with Crippen molar-refractivity contribution >= 4 is 16.8 Å². The van der Waals surface area contributed by atoms with Crippen LogP contribution in [-0.4, -0.2) is 36.0 Å². The van der Waals surface area contributed by atoms with Crippen LogP contribution in [0.15, 0.2) is 29.0 Å². The van der Waals surface area contributed by atoms with Gasteiger partial charge in [0, 0.05) is 12.7 Å². The van der Waals surface area contributed by atoms with Gasteiger partial charge in [-0.3, -0.25) is 0 Å². The maximum atomic E-state index is 12.5. The van der Waals surface area contributed by atoms with Crippen molar-refractivity contribution in [3.8, 4) is 0 Å². The maximum Gasteiger partial charge on any atom is 0.405 e. The first-order valence-electron chi connectivity index (χ1n) is 5.26. The molecule has 0 atom stereocenters. The van der Waals surface area contributed by atoms with Crippen LogP contribution in [0.1, 0.15) is 0 Å². The van der Waals surface area contributed by atoms with E-state index in [1.54, 1.807) is 12.1 Å². The number of halogens is 3. The van der Waals surface area contributed by atoms with Crippen LogP contribution in [0.25, 0.3) is 11.0 Å². The average Bonchev–Trinajstić information content (AvgIpc) is 2.74. The number of aliphatic hydroxyl groups excluding tert-OH is 1. The van der Waals surface area contributed by atoms with Crippen molar-refractivity contribution in [3.63, 3.8) is 0 Å². The van der Waals surface area contributed by atoms with Crippen molar-refractivity contribution in [1.29, 1.82) is 0 Å². The minimum absolute atomic E-state index is 0.142. The first-order chi connectivity index (χ1) is 8.51. The monoisotopic (exact) mass is 260 g/mol. The van der Waals surface area contributed by atoms with Crippen molar-refractivity contribution in [2.45, 2.75) is 6.18 Å². The second-order valence-corrected chi connectivity index (χ2v) is 3.73. The Hall–Kier alpha value is -1.76. The highest BCUT2D eigenvalue weighted by Gasteiger charge is 2.31. The number of pyridine rings is 1. The normalized spacial score (nSPS) is 12.0. The fourth-order valence-electron chi connectivity index (χ4n) is 1.73. The third-order valence-corrected chi connectivity index (χ3v) is 2.40. The summed E-state index contributed by atoms with van der Waals surface area (Å²) in [4.78, 5) is 4.92. The van der Waals surface area contributed by atoms with Crippen LogP contribution in [0.2, 0.25) is 0 Å². The number of hydrogen-bond donors (Lipinski definition) is 1. The van der Waals surface area contributed by atoms with E-state index in [4.69, 9.17) is 9.52 Å². The predicted molar refractivity (Wildman–Crippen MR) is 59.4 cm³/mol. The molecular weight excluding hydrogens is 249 g/mol. The van der Waals surface area contributed by atoms with E-state index >= 15 is 0 Å². The van der Waals surface area contributed by atoms with Crippen LogP contribution < -0.4 is 4.90 Å². The number of aliphatic hydroxyl groups is 1. The van der Waals surface area contributed by atoms with Gasteiger partial charge in [0.05, 0.1) is 18.3 Å². The smallest absolute Gasteiger partial charge is 0.405 e. The zero-order valence-electron chi connectivity index (χ0n) is 9.31. The molecule has 7 heteroatoms. The third kappa shape index (κ3) is 2.73. The number of rotatable bonds is 4. The van der Waals surface area contributed by atoms with Gasteiger partial charge in [0.25, 0.3) is 0 Å². The lowest BCUT2D eigenvalue weighted by molar-refractivity contribution is -0.119. The molecule has 2 rings (SSSR count). The van der Waals surface area contributed by atoms with Crippen molar-refractivity contribution < 1.29 is 22.7 Å². The number of aromatic nitrogens is 1. The van der Waals surface area contributed by atoms with Crippen LogP contribution in [0.5, 0.6) is 0 Å². The number of nitrogens with zero attached hydrogens (tertiary/aromatic N) is 2. The highest BCUT2D eigenvalue weighted by atomic mass is 19.4. The fraction of sp³-hybridized carbons (Fsp3) is 0.364. The molecule has 4 nitrogen and oxygen atoms in total. The molecule has 0 saturated heterocycles. The van der Waals surface area contributed by atoms with Gasteiger partial charge in [0.15, 0.2) is 0 Å². The molecule has 18 heavy (non-hydrogen) atoms. The Kier molecular flexibility index (Phi) is 3.42. The van der Waals surface area contributed by atoms with Crippen LogP contribution in [0, 0.1) is 0 Å². The SMILES string of the molecule is OCCN(CC(F)(F)F)c1nccc2occc12. The van der Waals surface area contributed by atoms with Gasteiger partial charge in [-0.2, -0.15) is 13.2 Å². The summed E-state index contributed by atoms with van der Waals surface area (Å²) in [6, 6.07) is 3.13. The molecule has 2 heterocycles. The lowest BCUT2D eigenvalue weighted by Crippen LogP contribution is -2.36. The first-order valence-corrected chi connectivity index (χ1v) is 5.26. The maximum absolute atomic E-state index is 12.5. The average molecular weight is 260 g/mol. The fourth-order valence-corrected chi connectivity index (χ4v) is 1.73. The lowest BCUT2D eigenvalue weighted by atomic mass is 10.3. The van der Waals surface area contributed by atoms with Crippen LogP contribution in [-0.2, 0) is 0 Å². The molecule has 0 aliphatic rings. The summed E-state index contributed by atoms with van der Waals surface area (Å²) in [6.07, 6.45) is -1.59. The Morgan fingerprint density at radius 1 is 1.33 bits per heavy atom. The molecule has 0 amide bonds. The third-order valence-electron chi connectivity index (χ3n) is 2.40. The van der Waals surface area contributed by atoms with Crippen LogP contribution in [0.4, 0.5) is 19.0 Å². The molecule has 0 aliphatic carbocycles. The molecule has 98 valence electrons. The second kappa shape index (κ2) is 4.85. The van der Waals surface area contributed by atoms with Gasteiger partial charge >= 0.3 is 6.18 Å². The minimum Gasteiger partial charge on any atom is -0.464 e. The highest BCUT2D eigenvalue weighted by molar-refractivity contribution is 5.88. The van der Waals surface area contributed by atoms with Gasteiger partial charge in [-0.05, 0) is 12.1 Å². The molecule has 0 unspecified atom stereocenters. The van der Waals surface area contributed by atoms with Gasteiger partial charge < -0.3 is 14.4 Å². The van der Waals surface area contributed by atoms with E-state index in [1.165, 1.54) is 12.5 Å². The summed E-state index contributed by atoms with van der Waals surface area (Å²) >= 11 is 0. The van der Waals surface area contributed by atoms with Crippen molar-refractivity contribution in [1.82, 2.24) is 4.98 Å². The Labute approximate surface area is 101 Å². The van der Waals surface area contributed by atoms with Gasteiger partial charge in [0.2, 0.25) is 0 Å². The molecule has 0 aromatic carbocycles. The van der Waals surface area contributed by atoms with E-state index in [0.29, 0.717) is 11.0 Å². The molecule has 0 fully saturated rings. The van der Waals surface area contributed by atoms with Crippen LogP contribution >= 0.6 is 0 Å². The Balaban J connectivity index is 2.38. The molecule has 0 radical (unpaired) electrons. The number of furan rings is 1. The topological polar surface area (TPSA) is 49.5 Å². The largest absolute Gasteiger partial charge is 0.464 e. The number of alkyl halides is 3. The van der Waals surface area contributed by atoms with E-state index in [9.17, 15) is 13.2 Å². The predicted octanol–water partition coefficient (Wildman–Crippen LogP) is 2.19. The summed E-state index contributed by atoms with van der Waals surface area (Å²) < 4.78 is 42.5. The summed E-state index contributed by atoms with van der Waals surface area (Å²) in [5, 5.41) is 9.35. The molecule has 2 aromatic heterocycles. The Morgan fingerprint density at radius 3 is 2.78 bits per heavy atom. The van der Waals surface area contributed by atoms with E-state index < -0.39 is 12.7 Å². The lowest BCUT2D eigenvalue weighted by Gasteiger charge is -2.24. The summed E-state index contributed by atoms with van der Waals surface area (Å²) in [5.41, 5.74) is 0.463. The number of hydrogen-bond acceptors (Lipinski definition) is 4. The summed E-state index contributed by atoms with van der Waals surface area (Å²) in [6.45, 7) is -1.69. The van der Waals surface area contributed by atoms with Crippen molar-refractivity contribution in [2.24, 2.45) is 0 Å². The quantitative estimate of drug-likeness (QED) is 0.915. The van der Waals surface area contributed by atoms with Crippen LogP contribution in [0.3, 0.4) is 0 Å².